The Labute approximate surface area is 152 Å². The van der Waals surface area contributed by atoms with Gasteiger partial charge in [-0.2, -0.15) is 0 Å². The predicted molar refractivity (Wildman–Crippen MR) is 96.5 cm³/mol. The van der Waals surface area contributed by atoms with Crippen molar-refractivity contribution in [2.45, 2.75) is 19.4 Å². The van der Waals surface area contributed by atoms with Crippen molar-refractivity contribution >= 4 is 17.6 Å². The summed E-state index contributed by atoms with van der Waals surface area (Å²) < 4.78 is 15.9. The van der Waals surface area contributed by atoms with Crippen LogP contribution in [0.15, 0.2) is 48.5 Å². The molecule has 0 saturated heterocycles. The minimum Gasteiger partial charge on any atom is -0.494 e. The predicted octanol–water partition coefficient (Wildman–Crippen LogP) is 2.60. The van der Waals surface area contributed by atoms with Crippen molar-refractivity contribution < 1.29 is 23.8 Å². The van der Waals surface area contributed by atoms with E-state index in [1.165, 1.54) is 7.11 Å². The van der Waals surface area contributed by atoms with Crippen LogP contribution in [0.4, 0.5) is 5.69 Å². The van der Waals surface area contributed by atoms with Crippen molar-refractivity contribution in [3.05, 3.63) is 54.1 Å². The highest BCUT2D eigenvalue weighted by Crippen LogP contribution is 2.33. The van der Waals surface area contributed by atoms with Crippen molar-refractivity contribution in [3.8, 4) is 11.5 Å². The molecule has 1 atom stereocenters. The number of hydrogen-bond acceptors (Lipinski definition) is 5. The molecule has 6 nitrogen and oxygen atoms in total. The third-order valence-corrected chi connectivity index (χ3v) is 4.13. The SMILES string of the molecule is CCOc1ccc(CC(=O)N2CC(C(=O)OC)Oc3ccccc32)cc1. The van der Waals surface area contributed by atoms with Crippen LogP contribution in [-0.2, 0) is 20.7 Å². The molecule has 0 radical (unpaired) electrons. The number of amides is 1. The maximum atomic E-state index is 12.9. The van der Waals surface area contributed by atoms with Gasteiger partial charge in [0.2, 0.25) is 12.0 Å². The summed E-state index contributed by atoms with van der Waals surface area (Å²) in [5.74, 6) is 0.651. The molecule has 0 N–H and O–H groups in total. The van der Waals surface area contributed by atoms with Gasteiger partial charge in [-0.25, -0.2) is 4.79 Å². The van der Waals surface area contributed by atoms with Crippen LogP contribution < -0.4 is 14.4 Å². The van der Waals surface area contributed by atoms with E-state index in [4.69, 9.17) is 14.2 Å². The van der Waals surface area contributed by atoms with E-state index in [0.29, 0.717) is 18.0 Å². The molecular weight excluding hydrogens is 334 g/mol. The quantitative estimate of drug-likeness (QED) is 0.772. The van der Waals surface area contributed by atoms with Crippen molar-refractivity contribution in [2.24, 2.45) is 0 Å². The topological polar surface area (TPSA) is 65.1 Å². The van der Waals surface area contributed by atoms with E-state index in [1.807, 2.05) is 37.3 Å². The molecule has 1 aliphatic heterocycles. The molecule has 26 heavy (non-hydrogen) atoms. The summed E-state index contributed by atoms with van der Waals surface area (Å²) in [7, 11) is 1.30. The number of hydrogen-bond donors (Lipinski definition) is 0. The van der Waals surface area contributed by atoms with Crippen LogP contribution in [0.25, 0.3) is 0 Å². The minimum atomic E-state index is -0.834. The summed E-state index contributed by atoms with van der Waals surface area (Å²) in [6, 6.07) is 14.6. The monoisotopic (exact) mass is 355 g/mol. The average molecular weight is 355 g/mol. The Morgan fingerprint density at radius 3 is 2.58 bits per heavy atom. The number of esters is 1. The van der Waals surface area contributed by atoms with Gasteiger partial charge in [0.25, 0.3) is 0 Å². The Balaban J connectivity index is 1.79. The van der Waals surface area contributed by atoms with Gasteiger partial charge in [0.05, 0.1) is 32.4 Å². The maximum absolute atomic E-state index is 12.9. The second-order valence-electron chi connectivity index (χ2n) is 5.86. The molecule has 1 amide bonds. The van der Waals surface area contributed by atoms with Gasteiger partial charge < -0.3 is 19.1 Å². The zero-order valence-electron chi connectivity index (χ0n) is 14.8. The Morgan fingerprint density at radius 1 is 1.15 bits per heavy atom. The lowest BCUT2D eigenvalue weighted by Crippen LogP contribution is -2.48. The molecule has 1 heterocycles. The number of nitrogens with zero attached hydrogens (tertiary/aromatic N) is 1. The molecule has 0 aliphatic carbocycles. The van der Waals surface area contributed by atoms with Crippen molar-refractivity contribution in [1.29, 1.82) is 0 Å². The third kappa shape index (κ3) is 3.79. The molecule has 2 aromatic carbocycles. The first-order chi connectivity index (χ1) is 12.6. The first kappa shape index (κ1) is 17.8. The van der Waals surface area contributed by atoms with Crippen LogP contribution in [0.1, 0.15) is 12.5 Å². The second kappa shape index (κ2) is 7.91. The molecule has 3 rings (SSSR count). The lowest BCUT2D eigenvalue weighted by Gasteiger charge is -2.33. The number of carbonyl (C=O) groups excluding carboxylic acids is 2. The van der Waals surface area contributed by atoms with E-state index in [9.17, 15) is 9.59 Å². The van der Waals surface area contributed by atoms with Crippen molar-refractivity contribution in [2.75, 3.05) is 25.2 Å². The lowest BCUT2D eigenvalue weighted by molar-refractivity contribution is -0.148. The van der Waals surface area contributed by atoms with Gasteiger partial charge in [-0.15, -0.1) is 0 Å². The maximum Gasteiger partial charge on any atom is 0.348 e. The molecule has 1 unspecified atom stereocenters. The molecule has 0 fully saturated rings. The molecule has 1 aliphatic rings. The lowest BCUT2D eigenvalue weighted by atomic mass is 10.1. The number of anilines is 1. The van der Waals surface area contributed by atoms with Crippen LogP contribution in [0, 0.1) is 0 Å². The minimum absolute atomic E-state index is 0.112. The normalized spacial score (nSPS) is 15.6. The fraction of sp³-hybridized carbons (Fsp3) is 0.300. The van der Waals surface area contributed by atoms with Crippen molar-refractivity contribution in [1.82, 2.24) is 0 Å². The van der Waals surface area contributed by atoms with Gasteiger partial charge in [-0.3, -0.25) is 4.79 Å². The van der Waals surface area contributed by atoms with E-state index in [0.717, 1.165) is 11.3 Å². The Hall–Kier alpha value is -3.02. The van der Waals surface area contributed by atoms with Gasteiger partial charge in [0.15, 0.2) is 0 Å². The van der Waals surface area contributed by atoms with E-state index >= 15 is 0 Å². The van der Waals surface area contributed by atoms with Crippen LogP contribution in [0.3, 0.4) is 0 Å². The fourth-order valence-corrected chi connectivity index (χ4v) is 2.87. The zero-order valence-corrected chi connectivity index (χ0v) is 14.8. The summed E-state index contributed by atoms with van der Waals surface area (Å²) in [6.45, 7) is 2.64. The van der Waals surface area contributed by atoms with E-state index < -0.39 is 12.1 Å². The number of fused-ring (bicyclic) bond motifs is 1. The van der Waals surface area contributed by atoms with Crippen molar-refractivity contribution in [3.63, 3.8) is 0 Å². The Kier molecular flexibility index (Phi) is 5.41. The number of para-hydroxylation sites is 2. The highest BCUT2D eigenvalue weighted by atomic mass is 16.6. The highest BCUT2D eigenvalue weighted by Gasteiger charge is 2.34. The summed E-state index contributed by atoms with van der Waals surface area (Å²) in [6.07, 6.45) is -0.617. The Morgan fingerprint density at radius 2 is 1.88 bits per heavy atom. The van der Waals surface area contributed by atoms with E-state index in [-0.39, 0.29) is 18.9 Å². The number of rotatable bonds is 5. The van der Waals surface area contributed by atoms with Gasteiger partial charge in [-0.05, 0) is 36.8 Å². The van der Waals surface area contributed by atoms with Gasteiger partial charge in [0.1, 0.15) is 11.5 Å². The second-order valence-corrected chi connectivity index (χ2v) is 5.86. The number of carbonyl (C=O) groups is 2. The van der Waals surface area contributed by atoms with E-state index in [2.05, 4.69) is 0 Å². The molecule has 6 heteroatoms. The van der Waals surface area contributed by atoms with Crippen LogP contribution in [0.5, 0.6) is 11.5 Å². The standard InChI is InChI=1S/C20H21NO5/c1-3-25-15-10-8-14(9-11-15)12-19(22)21-13-18(20(23)24-2)26-17-7-5-4-6-16(17)21/h4-11,18H,3,12-13H2,1-2H3. The Bertz CT molecular complexity index is 787. The molecule has 0 spiro atoms. The van der Waals surface area contributed by atoms with Crippen LogP contribution in [-0.4, -0.2) is 38.2 Å². The molecule has 0 saturated carbocycles. The largest absolute Gasteiger partial charge is 0.494 e. The van der Waals surface area contributed by atoms with Crippen LogP contribution >= 0.6 is 0 Å². The molecule has 0 bridgehead atoms. The summed E-state index contributed by atoms with van der Waals surface area (Å²) in [5.41, 5.74) is 1.53. The van der Waals surface area contributed by atoms with Gasteiger partial charge >= 0.3 is 5.97 Å². The fourth-order valence-electron chi connectivity index (χ4n) is 2.87. The van der Waals surface area contributed by atoms with Gasteiger partial charge in [0, 0.05) is 0 Å². The first-order valence-corrected chi connectivity index (χ1v) is 8.48. The number of ether oxygens (including phenoxy) is 3. The third-order valence-electron chi connectivity index (χ3n) is 4.13. The number of benzene rings is 2. The first-order valence-electron chi connectivity index (χ1n) is 8.48. The molecular formula is C20H21NO5. The smallest absolute Gasteiger partial charge is 0.348 e. The molecule has 0 aromatic heterocycles. The summed E-state index contributed by atoms with van der Waals surface area (Å²) in [5, 5.41) is 0. The molecule has 2 aromatic rings. The molecule has 136 valence electrons. The van der Waals surface area contributed by atoms with Crippen LogP contribution in [0.2, 0.25) is 0 Å². The zero-order chi connectivity index (χ0) is 18.5. The average Bonchev–Trinajstić information content (AvgIpc) is 2.68. The summed E-state index contributed by atoms with van der Waals surface area (Å²) in [4.78, 5) is 26.4. The number of methoxy groups -OCH3 is 1. The highest BCUT2D eigenvalue weighted by molar-refractivity contribution is 5.97. The summed E-state index contributed by atoms with van der Waals surface area (Å²) >= 11 is 0. The van der Waals surface area contributed by atoms with E-state index in [1.54, 1.807) is 23.1 Å². The van der Waals surface area contributed by atoms with Gasteiger partial charge in [-0.1, -0.05) is 24.3 Å².